The molecule has 8 heterocycles. The second-order valence-electron chi connectivity index (χ2n) is 35.0. The third-order valence-corrected chi connectivity index (χ3v) is 32.7. The summed E-state index contributed by atoms with van der Waals surface area (Å²) < 4.78 is 94.5. The van der Waals surface area contributed by atoms with Crippen molar-refractivity contribution in [1.82, 2.24) is 0 Å². The first-order valence-electron chi connectivity index (χ1n) is 46.8. The molecule has 39 unspecified atom stereocenters. The summed E-state index contributed by atoms with van der Waals surface area (Å²) in [7, 11) is 0. The highest BCUT2D eigenvalue weighted by atomic mass is 32.2. The van der Waals surface area contributed by atoms with Gasteiger partial charge in [0.25, 0.3) is 0 Å². The minimum Gasteiger partial charge on any atom is -0.390 e. The third-order valence-electron chi connectivity index (χ3n) is 23.5. The van der Waals surface area contributed by atoms with Crippen LogP contribution >= 0.6 is 94.1 Å². The predicted octanol–water partition coefficient (Wildman–Crippen LogP) is -7.57. The van der Waals surface area contributed by atoms with Crippen LogP contribution in [-0.4, -0.2) is 466 Å². The summed E-state index contributed by atoms with van der Waals surface area (Å²) in [6, 6.07) is 0. The average Bonchev–Trinajstić information content (AvgIpc) is 0.769. The number of thioether (sulfide) groups is 8. The van der Waals surface area contributed by atoms with Crippen LogP contribution < -0.4 is 45.9 Å². The monoisotopic (exact) mass is 2160 g/mol. The van der Waals surface area contributed by atoms with Crippen LogP contribution in [0.15, 0.2) is 0 Å². The fourth-order valence-electron chi connectivity index (χ4n) is 15.8. The van der Waals surface area contributed by atoms with Gasteiger partial charge in [0.05, 0.1) is 54.9 Å². The number of amides is 8. The van der Waals surface area contributed by atoms with E-state index in [0.717, 1.165) is 47.0 Å². The van der Waals surface area contributed by atoms with E-state index in [1.54, 1.807) is 0 Å². The summed E-state index contributed by atoms with van der Waals surface area (Å²) in [4.78, 5) is 93.8. The predicted molar refractivity (Wildman–Crippen MR) is 513 cm³/mol. The number of hydrogen-bond donors (Lipinski definition) is 25. The Balaban J connectivity index is 0.00000653. The van der Waals surface area contributed by atoms with Crippen LogP contribution in [0.4, 0.5) is 0 Å². The number of rotatable bonds is 63. The molecule has 0 aromatic carbocycles. The van der Waals surface area contributed by atoms with Gasteiger partial charge in [-0.25, -0.2) is 0 Å². The molecule has 8 amide bonds. The first-order chi connectivity index (χ1) is 66.6. The average molecular weight is 2170 g/mol. The Labute approximate surface area is 845 Å². The van der Waals surface area contributed by atoms with Gasteiger partial charge in [-0.3, -0.25) is 38.4 Å². The lowest BCUT2D eigenvalue weighted by atomic mass is 9.95. The maximum Gasteiger partial charge on any atom is 0.217 e. The number of ether oxygens (including phenoxy) is 15. The SMILES string of the molecule is CCCC.NC(=O)CCCSCC1CC(O)C(O)C(OC2C(CSCCCC(N)=O)OC(OC3C(CSCCCC(N)=O)OC(OC4C(CSCCCC(N)=O)OC(OC5C(CSCCCC(N)=O)OC(OC6C(CSCCCC(N)=O)OC(OC7C(CSCCCC(N)=O)OC(OC8C(CSCCCC(N)=O)OC(O)C(O)C8O)C(O)C7O)C(O)C6O)C(O)C5O)C(O)C4O)C(O)C3O)C(O)C2O)O1. The highest BCUT2D eigenvalue weighted by Gasteiger charge is 2.60. The van der Waals surface area contributed by atoms with Crippen LogP contribution in [0, 0.1) is 0 Å². The van der Waals surface area contributed by atoms with Gasteiger partial charge in [-0.1, -0.05) is 26.7 Å². The van der Waals surface area contributed by atoms with Crippen molar-refractivity contribution < 1.29 is 196 Å². The number of aliphatic hydroxyl groups excluding tert-OH is 17. The lowest BCUT2D eigenvalue weighted by molar-refractivity contribution is -0.391. The smallest absolute Gasteiger partial charge is 0.217 e. The summed E-state index contributed by atoms with van der Waals surface area (Å²) in [6.07, 6.45) is -65.0. The molecule has 0 spiro atoms. The summed E-state index contributed by atoms with van der Waals surface area (Å²) in [5.74, 6) is -3.09. The molecule has 8 saturated heterocycles. The first-order valence-corrected chi connectivity index (χ1v) is 56.1. The molecule has 8 rings (SSSR count). The van der Waals surface area contributed by atoms with Gasteiger partial charge in [-0.15, -0.1) is 0 Å². The number of carbonyl (C=O) groups excluding carboxylic acids is 8. The lowest BCUT2D eigenvalue weighted by Crippen LogP contribution is -2.68. The van der Waals surface area contributed by atoms with Gasteiger partial charge < -0.3 is 204 Å². The molecular weight excluding hydrogens is 2020 g/mol. The van der Waals surface area contributed by atoms with E-state index in [1.165, 1.54) is 59.9 Å². The maximum absolute atomic E-state index is 12.5. The van der Waals surface area contributed by atoms with Crippen molar-refractivity contribution in [3.63, 3.8) is 0 Å². The molecule has 0 aromatic rings. The molecular formula is C84H148N8O40S8. The Morgan fingerprint density at radius 3 is 0.571 bits per heavy atom. The van der Waals surface area contributed by atoms with Gasteiger partial charge in [-0.05, 0) is 97.4 Å². The molecule has 8 aliphatic heterocycles. The zero-order chi connectivity index (χ0) is 103. The molecule has 39 atom stereocenters. The van der Waals surface area contributed by atoms with Gasteiger partial charge in [0, 0.05) is 104 Å². The van der Waals surface area contributed by atoms with Gasteiger partial charge in [0.2, 0.25) is 47.3 Å². The maximum atomic E-state index is 12.5. The molecule has 0 aliphatic carbocycles. The van der Waals surface area contributed by atoms with E-state index in [4.69, 9.17) is 117 Å². The highest BCUT2D eigenvalue weighted by Crippen LogP contribution is 2.42. The minimum absolute atomic E-state index is 0.00779. The van der Waals surface area contributed by atoms with Crippen LogP contribution in [0.2, 0.25) is 0 Å². The molecule has 8 aliphatic rings. The van der Waals surface area contributed by atoms with E-state index < -0.39 is 287 Å². The number of hydrogen-bond acceptors (Lipinski definition) is 48. The number of primary amides is 8. The highest BCUT2D eigenvalue weighted by molar-refractivity contribution is 8.00. The molecule has 140 heavy (non-hydrogen) atoms. The molecule has 0 bridgehead atoms. The van der Waals surface area contributed by atoms with E-state index >= 15 is 0 Å². The van der Waals surface area contributed by atoms with Crippen molar-refractivity contribution in [2.45, 2.75) is 375 Å². The molecule has 812 valence electrons. The number of carbonyl (C=O) groups is 8. The second-order valence-corrected chi connectivity index (χ2v) is 44.2. The van der Waals surface area contributed by atoms with Crippen molar-refractivity contribution in [3.8, 4) is 0 Å². The Morgan fingerprint density at radius 1 is 0.229 bits per heavy atom. The fraction of sp³-hybridized carbons (Fsp3) is 0.905. The van der Waals surface area contributed by atoms with E-state index in [-0.39, 0.29) is 165 Å². The minimum atomic E-state index is -2.22. The zero-order valence-corrected chi connectivity index (χ0v) is 84.7. The standard InChI is InChI=1S/C80H138N8O40S8.C4H10/c81-43(90)9-1-17-129-26-34-25-35(89)51(98)74(114-34)122-67-37(28-131-19-3-11-45(83)92)116-76(60(107)53(67)100)124-69-39(30-133-21-5-13-47(85)94)118-78(62(109)55(69)102)126-71-41(32-135-23-7-15-49(87)96)120-80(64(111)57(71)104)128-72-42(33-136-24-8-16-50(88)97)121-79(65(112)58(72)105)127-70-40(31-134-22-6-14-48(86)95)119-77(63(110)56(70)103)125-68-38(29-132-20-4-12-46(84)93)117-75(61(108)54(68)101)123-66-36(27-130-18-2-10-44(82)91)115-73(113)59(106)52(66)99;1-3-4-2/h34-42,51-80,89,98-113H,1-33H2,(H2,81,90)(H2,82,91)(H2,83,92)(H2,84,93)(H2,85,94)(H2,86,95)(H2,87,96)(H2,88,97);3-4H2,1-2H3. The Morgan fingerprint density at radius 2 is 0.393 bits per heavy atom. The fourth-order valence-corrected chi connectivity index (χ4v) is 23.9. The van der Waals surface area contributed by atoms with Gasteiger partial charge in [-0.2, -0.15) is 94.1 Å². The topological polar surface area (TPSA) is 827 Å². The molecule has 56 heteroatoms. The lowest BCUT2D eigenvalue weighted by Gasteiger charge is -2.50. The summed E-state index contributed by atoms with van der Waals surface area (Å²) in [5.41, 5.74) is 43.3. The molecule has 0 saturated carbocycles. The molecule has 8 fully saturated rings. The van der Waals surface area contributed by atoms with Crippen LogP contribution in [0.25, 0.3) is 0 Å². The second kappa shape index (κ2) is 64.7. The summed E-state index contributed by atoms with van der Waals surface area (Å²) >= 11 is 9.53. The van der Waals surface area contributed by atoms with Crippen molar-refractivity contribution in [1.29, 1.82) is 0 Å². The van der Waals surface area contributed by atoms with Crippen LogP contribution in [-0.2, 0) is 109 Å². The van der Waals surface area contributed by atoms with Crippen LogP contribution in [0.1, 0.15) is 136 Å². The molecule has 0 radical (unpaired) electrons. The quantitative estimate of drug-likeness (QED) is 0.0252. The van der Waals surface area contributed by atoms with Crippen molar-refractivity contribution >= 4 is 141 Å². The largest absolute Gasteiger partial charge is 0.390 e. The third kappa shape index (κ3) is 40.2. The number of nitrogens with two attached hydrogens (primary N) is 8. The van der Waals surface area contributed by atoms with Crippen LogP contribution in [0.5, 0.6) is 0 Å². The molecule has 48 nitrogen and oxygen atoms in total. The van der Waals surface area contributed by atoms with Gasteiger partial charge in [0.1, 0.15) is 134 Å². The number of unbranched alkanes of at least 4 members (excludes halogenated alkanes) is 1. The van der Waals surface area contributed by atoms with E-state index in [1.807, 2.05) is 0 Å². The van der Waals surface area contributed by atoms with Crippen molar-refractivity contribution in [3.05, 3.63) is 0 Å². The Kier molecular flexibility index (Phi) is 57.4. The van der Waals surface area contributed by atoms with Gasteiger partial charge in [0.15, 0.2) is 50.3 Å². The zero-order valence-electron chi connectivity index (χ0n) is 78.1. The van der Waals surface area contributed by atoms with Crippen molar-refractivity contribution in [2.24, 2.45) is 45.9 Å². The van der Waals surface area contributed by atoms with E-state index in [9.17, 15) is 125 Å². The number of aliphatic hydroxyl groups is 17. The normalized spacial score (nSPS) is 37.5. The molecule has 0 aromatic heterocycles. The first kappa shape index (κ1) is 124. The van der Waals surface area contributed by atoms with Crippen molar-refractivity contribution in [2.75, 3.05) is 92.0 Å². The van der Waals surface area contributed by atoms with Crippen LogP contribution in [0.3, 0.4) is 0 Å². The summed E-state index contributed by atoms with van der Waals surface area (Å²) in [5, 5.41) is 202. The Hall–Kier alpha value is -2.72. The van der Waals surface area contributed by atoms with E-state index in [0.29, 0.717) is 36.5 Å². The summed E-state index contributed by atoms with van der Waals surface area (Å²) in [6.45, 7) is 4.36. The molecule has 33 N–H and O–H groups in total. The Bertz CT molecular complexity index is 3610. The van der Waals surface area contributed by atoms with Gasteiger partial charge >= 0.3 is 0 Å². The van der Waals surface area contributed by atoms with E-state index in [2.05, 4.69) is 13.8 Å².